The van der Waals surface area contributed by atoms with Crippen LogP contribution < -0.4 is 0 Å². The molecule has 0 N–H and O–H groups in total. The fourth-order valence-corrected chi connectivity index (χ4v) is 3.63. The quantitative estimate of drug-likeness (QED) is 0.827. The van der Waals surface area contributed by atoms with E-state index in [2.05, 4.69) is 38.3 Å². The van der Waals surface area contributed by atoms with Crippen LogP contribution in [0.5, 0.6) is 0 Å². The summed E-state index contributed by atoms with van der Waals surface area (Å²) in [6, 6.07) is 8.31. The second kappa shape index (κ2) is 5.19. The molecule has 5 nitrogen and oxygen atoms in total. The maximum atomic E-state index is 12.8. The van der Waals surface area contributed by atoms with Gasteiger partial charge in [-0.1, -0.05) is 28.1 Å². The molecule has 1 aliphatic carbocycles. The van der Waals surface area contributed by atoms with E-state index in [-0.39, 0.29) is 17.9 Å². The zero-order valence-corrected chi connectivity index (χ0v) is 13.9. The molecular formula is C16H17BrN4O. The average Bonchev–Trinajstić information content (AvgIpc) is 3.16. The van der Waals surface area contributed by atoms with Gasteiger partial charge in [-0.25, -0.2) is 0 Å². The molecule has 1 aromatic carbocycles. The number of halogens is 1. The normalized spacial score (nSPS) is 26.6. The maximum Gasteiger partial charge on any atom is 0.226 e. The number of hydrogen-bond acceptors (Lipinski definition) is 3. The van der Waals surface area contributed by atoms with Crippen molar-refractivity contribution in [1.29, 1.82) is 0 Å². The van der Waals surface area contributed by atoms with Crippen LogP contribution in [0.15, 0.2) is 35.1 Å². The van der Waals surface area contributed by atoms with Gasteiger partial charge < -0.3 is 9.47 Å². The molecule has 0 radical (unpaired) electrons. The first-order valence-electron chi connectivity index (χ1n) is 7.59. The van der Waals surface area contributed by atoms with Crippen molar-refractivity contribution >= 4 is 21.8 Å². The van der Waals surface area contributed by atoms with E-state index < -0.39 is 0 Å². The molecular weight excluding hydrogens is 344 g/mol. The number of rotatable bonds is 2. The Bertz CT molecular complexity index is 711. The van der Waals surface area contributed by atoms with Gasteiger partial charge in [-0.15, -0.1) is 10.2 Å². The number of hydrogen-bond donors (Lipinski definition) is 0. The lowest BCUT2D eigenvalue weighted by Gasteiger charge is -2.33. The van der Waals surface area contributed by atoms with Gasteiger partial charge in [0, 0.05) is 23.5 Å². The van der Waals surface area contributed by atoms with Crippen molar-refractivity contribution in [3.63, 3.8) is 0 Å². The van der Waals surface area contributed by atoms with Gasteiger partial charge in [-0.3, -0.25) is 4.79 Å². The Morgan fingerprint density at radius 3 is 2.82 bits per heavy atom. The van der Waals surface area contributed by atoms with E-state index >= 15 is 0 Å². The highest BCUT2D eigenvalue weighted by Gasteiger charge is 2.47. The number of amides is 1. The number of carbonyl (C=O) groups is 1. The predicted molar refractivity (Wildman–Crippen MR) is 85.1 cm³/mol. The van der Waals surface area contributed by atoms with Crippen molar-refractivity contribution in [3.05, 3.63) is 46.5 Å². The van der Waals surface area contributed by atoms with E-state index in [0.717, 1.165) is 29.8 Å². The highest BCUT2D eigenvalue weighted by Crippen LogP contribution is 2.49. The van der Waals surface area contributed by atoms with Gasteiger partial charge in [-0.05, 0) is 37.0 Å². The third-order valence-corrected chi connectivity index (χ3v) is 5.29. The topological polar surface area (TPSA) is 51.0 Å². The molecule has 114 valence electrons. The summed E-state index contributed by atoms with van der Waals surface area (Å²) >= 11 is 3.45. The minimum absolute atomic E-state index is 0.00918. The van der Waals surface area contributed by atoms with Crippen LogP contribution >= 0.6 is 15.9 Å². The lowest BCUT2D eigenvalue weighted by Crippen LogP contribution is -2.42. The van der Waals surface area contributed by atoms with E-state index in [1.54, 1.807) is 6.33 Å². The Balaban J connectivity index is 1.49. The van der Waals surface area contributed by atoms with Crippen LogP contribution in [0.4, 0.5) is 0 Å². The van der Waals surface area contributed by atoms with E-state index in [0.29, 0.717) is 5.92 Å². The molecule has 2 heterocycles. The van der Waals surface area contributed by atoms with Gasteiger partial charge in [0.05, 0.1) is 6.04 Å². The predicted octanol–water partition coefficient (Wildman–Crippen LogP) is 2.75. The van der Waals surface area contributed by atoms with Gasteiger partial charge in [0.1, 0.15) is 6.33 Å². The van der Waals surface area contributed by atoms with E-state index in [4.69, 9.17) is 0 Å². The standard InChI is InChI=1S/C16H17BrN4O/c1-10-15-19-18-9-20(15)6-7-21(10)16(22)14-8-13(14)11-2-4-12(17)5-3-11/h2-5,9-10,13-14H,6-8H2,1H3. The molecule has 4 rings (SSSR count). The number of benzene rings is 1. The minimum atomic E-state index is 0.00918. The molecule has 1 amide bonds. The first-order valence-corrected chi connectivity index (χ1v) is 8.38. The third kappa shape index (κ3) is 2.26. The van der Waals surface area contributed by atoms with Crippen LogP contribution in [0.2, 0.25) is 0 Å². The van der Waals surface area contributed by atoms with Crippen LogP contribution in [0.25, 0.3) is 0 Å². The van der Waals surface area contributed by atoms with Gasteiger partial charge in [0.25, 0.3) is 0 Å². The van der Waals surface area contributed by atoms with E-state index in [9.17, 15) is 4.79 Å². The van der Waals surface area contributed by atoms with E-state index in [1.165, 1.54) is 5.56 Å². The Hall–Kier alpha value is -1.69. The molecule has 6 heteroatoms. The molecule has 1 aliphatic heterocycles. The summed E-state index contributed by atoms with van der Waals surface area (Å²) in [4.78, 5) is 14.8. The molecule has 0 spiro atoms. The molecule has 2 aromatic rings. The Morgan fingerprint density at radius 2 is 2.05 bits per heavy atom. The number of aromatic nitrogens is 3. The lowest BCUT2D eigenvalue weighted by molar-refractivity contribution is -0.136. The van der Waals surface area contributed by atoms with Crippen LogP contribution in [0, 0.1) is 5.92 Å². The first kappa shape index (κ1) is 13.9. The smallest absolute Gasteiger partial charge is 0.226 e. The van der Waals surface area contributed by atoms with Gasteiger partial charge in [0.15, 0.2) is 5.82 Å². The van der Waals surface area contributed by atoms with Crippen molar-refractivity contribution in [2.75, 3.05) is 6.54 Å². The first-order chi connectivity index (χ1) is 10.6. The summed E-state index contributed by atoms with van der Waals surface area (Å²) in [5.41, 5.74) is 1.26. The fraction of sp³-hybridized carbons (Fsp3) is 0.438. The average molecular weight is 361 g/mol. The summed E-state index contributed by atoms with van der Waals surface area (Å²) in [5, 5.41) is 8.10. The van der Waals surface area contributed by atoms with Crippen LogP contribution in [-0.2, 0) is 11.3 Å². The molecule has 22 heavy (non-hydrogen) atoms. The summed E-state index contributed by atoms with van der Waals surface area (Å²) in [6.45, 7) is 3.57. The largest absolute Gasteiger partial charge is 0.331 e. The Morgan fingerprint density at radius 1 is 1.27 bits per heavy atom. The van der Waals surface area contributed by atoms with Crippen molar-refractivity contribution in [2.45, 2.75) is 31.8 Å². The summed E-state index contributed by atoms with van der Waals surface area (Å²) in [7, 11) is 0. The Kier molecular flexibility index (Phi) is 3.29. The summed E-state index contributed by atoms with van der Waals surface area (Å²) < 4.78 is 3.11. The lowest BCUT2D eigenvalue weighted by atomic mass is 10.1. The van der Waals surface area contributed by atoms with Crippen molar-refractivity contribution in [3.8, 4) is 0 Å². The summed E-state index contributed by atoms with van der Waals surface area (Å²) in [6.07, 6.45) is 2.70. The zero-order valence-electron chi connectivity index (χ0n) is 12.3. The van der Waals surface area contributed by atoms with E-state index in [1.807, 2.05) is 28.5 Å². The molecule has 0 saturated heterocycles. The number of carbonyl (C=O) groups excluding carboxylic acids is 1. The monoisotopic (exact) mass is 360 g/mol. The minimum Gasteiger partial charge on any atom is -0.331 e. The molecule has 1 fully saturated rings. The van der Waals surface area contributed by atoms with Crippen LogP contribution in [0.1, 0.15) is 36.7 Å². The third-order valence-electron chi connectivity index (χ3n) is 4.76. The summed E-state index contributed by atoms with van der Waals surface area (Å²) in [5.74, 6) is 1.64. The molecule has 3 unspecified atom stereocenters. The van der Waals surface area contributed by atoms with Crippen molar-refractivity contribution < 1.29 is 4.79 Å². The SMILES string of the molecule is CC1c2nncn2CCN1C(=O)C1CC1c1ccc(Br)cc1. The molecule has 3 atom stereocenters. The highest BCUT2D eigenvalue weighted by molar-refractivity contribution is 9.10. The Labute approximate surface area is 137 Å². The molecule has 2 aliphatic rings. The van der Waals surface area contributed by atoms with Crippen molar-refractivity contribution in [2.24, 2.45) is 5.92 Å². The maximum absolute atomic E-state index is 12.8. The fourth-order valence-electron chi connectivity index (χ4n) is 3.37. The second-order valence-corrected chi connectivity index (χ2v) is 7.01. The van der Waals surface area contributed by atoms with Crippen LogP contribution in [-0.4, -0.2) is 32.1 Å². The van der Waals surface area contributed by atoms with Crippen LogP contribution in [0.3, 0.4) is 0 Å². The van der Waals surface area contributed by atoms with Gasteiger partial charge in [0.2, 0.25) is 5.91 Å². The second-order valence-electron chi connectivity index (χ2n) is 6.09. The number of fused-ring (bicyclic) bond motifs is 1. The zero-order chi connectivity index (χ0) is 15.3. The van der Waals surface area contributed by atoms with Gasteiger partial charge in [-0.2, -0.15) is 0 Å². The molecule has 1 aromatic heterocycles. The highest BCUT2D eigenvalue weighted by atomic mass is 79.9. The van der Waals surface area contributed by atoms with Gasteiger partial charge >= 0.3 is 0 Å². The number of nitrogens with zero attached hydrogens (tertiary/aromatic N) is 4. The molecule has 1 saturated carbocycles. The van der Waals surface area contributed by atoms with Crippen molar-refractivity contribution in [1.82, 2.24) is 19.7 Å². The molecule has 0 bridgehead atoms.